The van der Waals surface area contributed by atoms with Crippen molar-refractivity contribution in [1.82, 2.24) is 10.9 Å². The zero-order chi connectivity index (χ0) is 13.4. The van der Waals surface area contributed by atoms with E-state index in [0.29, 0.717) is 22.1 Å². The number of amides is 2. The highest BCUT2D eigenvalue weighted by molar-refractivity contribution is 6.32. The number of fused-ring (bicyclic) bond motifs is 1. The van der Waals surface area contributed by atoms with Crippen molar-refractivity contribution in [2.75, 3.05) is 6.79 Å². The predicted molar refractivity (Wildman–Crippen MR) is 65.9 cm³/mol. The molecule has 2 N–H and O–H groups in total. The van der Waals surface area contributed by atoms with Crippen molar-refractivity contribution in [3.63, 3.8) is 0 Å². The van der Waals surface area contributed by atoms with E-state index in [2.05, 4.69) is 10.9 Å². The molecule has 0 saturated heterocycles. The largest absolute Gasteiger partial charge is 0.454 e. The molecule has 1 aromatic carbocycles. The number of carbonyl (C=O) groups excluding carboxylic acids is 2. The van der Waals surface area contributed by atoms with Gasteiger partial charge in [0.2, 0.25) is 12.7 Å². The van der Waals surface area contributed by atoms with Crippen molar-refractivity contribution in [1.29, 1.82) is 0 Å². The first kappa shape index (κ1) is 12.1. The minimum atomic E-state index is -0.450. The van der Waals surface area contributed by atoms with E-state index in [4.69, 9.17) is 21.1 Å². The molecular weight excluding hydrogens is 272 g/mol. The van der Waals surface area contributed by atoms with E-state index in [9.17, 15) is 9.59 Å². The molecule has 0 aromatic heterocycles. The average molecular weight is 283 g/mol. The van der Waals surface area contributed by atoms with E-state index in [-0.39, 0.29) is 18.6 Å². The molecule has 0 unspecified atom stereocenters. The second kappa shape index (κ2) is 4.62. The van der Waals surface area contributed by atoms with E-state index >= 15 is 0 Å². The molecule has 19 heavy (non-hydrogen) atoms. The molecule has 1 heterocycles. The van der Waals surface area contributed by atoms with Crippen LogP contribution < -0.4 is 20.3 Å². The molecule has 3 rings (SSSR count). The first-order valence-electron chi connectivity index (χ1n) is 5.84. The number of hydrazine groups is 1. The zero-order valence-electron chi connectivity index (χ0n) is 9.86. The van der Waals surface area contributed by atoms with Crippen LogP contribution in [0, 0.1) is 5.92 Å². The third kappa shape index (κ3) is 2.44. The summed E-state index contributed by atoms with van der Waals surface area (Å²) in [5, 5.41) is 0.300. The predicted octanol–water partition coefficient (Wildman–Crippen LogP) is 1.24. The van der Waals surface area contributed by atoms with Gasteiger partial charge in [0.15, 0.2) is 11.5 Å². The van der Waals surface area contributed by atoms with Gasteiger partial charge in [0.25, 0.3) is 5.91 Å². The van der Waals surface area contributed by atoms with Crippen LogP contribution in [0.25, 0.3) is 0 Å². The maximum atomic E-state index is 11.9. The summed E-state index contributed by atoms with van der Waals surface area (Å²) >= 11 is 5.97. The van der Waals surface area contributed by atoms with Gasteiger partial charge in [-0.3, -0.25) is 20.4 Å². The zero-order valence-corrected chi connectivity index (χ0v) is 10.6. The number of halogens is 1. The smallest absolute Gasteiger partial charge is 0.269 e. The van der Waals surface area contributed by atoms with Gasteiger partial charge in [0.05, 0.1) is 5.02 Å². The van der Waals surface area contributed by atoms with Crippen molar-refractivity contribution in [3.05, 3.63) is 22.7 Å². The number of nitrogens with one attached hydrogen (secondary N) is 2. The summed E-state index contributed by atoms with van der Waals surface area (Å²) in [6, 6.07) is 2.99. The molecule has 0 spiro atoms. The lowest BCUT2D eigenvalue weighted by atomic mass is 10.2. The van der Waals surface area contributed by atoms with Crippen molar-refractivity contribution in [2.24, 2.45) is 5.92 Å². The van der Waals surface area contributed by atoms with Gasteiger partial charge >= 0.3 is 0 Å². The lowest BCUT2D eigenvalue weighted by Crippen LogP contribution is -2.42. The summed E-state index contributed by atoms with van der Waals surface area (Å²) in [4.78, 5) is 23.3. The fourth-order valence-electron chi connectivity index (χ4n) is 1.74. The van der Waals surface area contributed by atoms with Crippen LogP contribution in [0.3, 0.4) is 0 Å². The number of hydrogen-bond donors (Lipinski definition) is 2. The normalized spacial score (nSPS) is 16.1. The van der Waals surface area contributed by atoms with E-state index in [1.54, 1.807) is 0 Å². The summed E-state index contributed by atoms with van der Waals surface area (Å²) in [7, 11) is 0. The van der Waals surface area contributed by atoms with Crippen LogP contribution >= 0.6 is 11.6 Å². The maximum Gasteiger partial charge on any atom is 0.269 e. The first-order valence-corrected chi connectivity index (χ1v) is 6.22. The molecule has 6 nitrogen and oxygen atoms in total. The molecule has 100 valence electrons. The maximum absolute atomic E-state index is 11.9. The monoisotopic (exact) mass is 282 g/mol. The van der Waals surface area contributed by atoms with Gasteiger partial charge in [-0.25, -0.2) is 0 Å². The molecule has 0 atom stereocenters. The van der Waals surface area contributed by atoms with Crippen LogP contribution in [0.4, 0.5) is 0 Å². The summed E-state index contributed by atoms with van der Waals surface area (Å²) < 4.78 is 10.3. The standard InChI is InChI=1S/C12H11ClN2O4/c13-8-3-7(4-9-10(8)19-5-18-9)12(17)15-14-11(16)6-1-2-6/h3-4,6H,1-2,5H2,(H,14,16)(H,15,17). The third-order valence-electron chi connectivity index (χ3n) is 2.94. The second-order valence-corrected chi connectivity index (χ2v) is 4.82. The number of rotatable bonds is 2. The molecule has 0 radical (unpaired) electrons. The van der Waals surface area contributed by atoms with Gasteiger partial charge in [-0.05, 0) is 25.0 Å². The van der Waals surface area contributed by atoms with Gasteiger partial charge in [-0.2, -0.15) is 0 Å². The molecule has 1 aliphatic heterocycles. The summed E-state index contributed by atoms with van der Waals surface area (Å²) in [5.41, 5.74) is 5.02. The van der Waals surface area contributed by atoms with Crippen LogP contribution in [0.15, 0.2) is 12.1 Å². The topological polar surface area (TPSA) is 76.7 Å². The molecule has 1 saturated carbocycles. The van der Waals surface area contributed by atoms with Gasteiger partial charge in [0.1, 0.15) is 0 Å². The molecule has 1 aliphatic carbocycles. The quantitative estimate of drug-likeness (QED) is 0.800. The van der Waals surface area contributed by atoms with Crippen LogP contribution in [0.2, 0.25) is 5.02 Å². The van der Waals surface area contributed by atoms with E-state index in [0.717, 1.165) is 12.8 Å². The molecule has 0 bridgehead atoms. The van der Waals surface area contributed by atoms with E-state index in [1.165, 1.54) is 12.1 Å². The molecule has 2 aliphatic rings. The molecule has 1 fully saturated rings. The Kier molecular flexibility index (Phi) is 2.94. The first-order chi connectivity index (χ1) is 9.15. The van der Waals surface area contributed by atoms with Crippen molar-refractivity contribution < 1.29 is 19.1 Å². The minimum absolute atomic E-state index is 0.0284. The van der Waals surface area contributed by atoms with E-state index in [1.807, 2.05) is 0 Å². The lowest BCUT2D eigenvalue weighted by molar-refractivity contribution is -0.123. The number of ether oxygens (including phenoxy) is 2. The van der Waals surface area contributed by atoms with E-state index < -0.39 is 5.91 Å². The molecule has 2 amide bonds. The Bertz CT molecular complexity index is 557. The van der Waals surface area contributed by atoms with Crippen LogP contribution in [0.5, 0.6) is 11.5 Å². The Balaban J connectivity index is 1.69. The van der Waals surface area contributed by atoms with Crippen LogP contribution in [0.1, 0.15) is 23.2 Å². The lowest BCUT2D eigenvalue weighted by Gasteiger charge is -2.08. The fourth-order valence-corrected chi connectivity index (χ4v) is 2.00. The Morgan fingerprint density at radius 3 is 2.74 bits per heavy atom. The summed E-state index contributed by atoms with van der Waals surface area (Å²) in [5.74, 6) is 0.265. The molecular formula is C12H11ClN2O4. The number of hydrogen-bond acceptors (Lipinski definition) is 4. The second-order valence-electron chi connectivity index (χ2n) is 4.41. The van der Waals surface area contributed by atoms with Gasteiger partial charge in [0, 0.05) is 11.5 Å². The molecule has 7 heteroatoms. The van der Waals surface area contributed by atoms with Crippen molar-refractivity contribution in [3.8, 4) is 11.5 Å². The van der Waals surface area contributed by atoms with Crippen molar-refractivity contribution in [2.45, 2.75) is 12.8 Å². The van der Waals surface area contributed by atoms with Gasteiger partial charge < -0.3 is 9.47 Å². The summed E-state index contributed by atoms with van der Waals surface area (Å²) in [6.07, 6.45) is 1.75. The van der Waals surface area contributed by atoms with Gasteiger partial charge in [-0.1, -0.05) is 11.6 Å². The summed E-state index contributed by atoms with van der Waals surface area (Å²) in [6.45, 7) is 0.0819. The van der Waals surface area contributed by atoms with Crippen LogP contribution in [-0.4, -0.2) is 18.6 Å². The van der Waals surface area contributed by atoms with Crippen LogP contribution in [-0.2, 0) is 4.79 Å². The Morgan fingerprint density at radius 1 is 1.21 bits per heavy atom. The Morgan fingerprint density at radius 2 is 2.00 bits per heavy atom. The fraction of sp³-hybridized carbons (Fsp3) is 0.333. The highest BCUT2D eigenvalue weighted by atomic mass is 35.5. The Labute approximate surface area is 114 Å². The number of carbonyl (C=O) groups is 2. The third-order valence-corrected chi connectivity index (χ3v) is 3.22. The van der Waals surface area contributed by atoms with Crippen molar-refractivity contribution >= 4 is 23.4 Å². The average Bonchev–Trinajstić information content (AvgIpc) is 3.14. The number of benzene rings is 1. The SMILES string of the molecule is O=C(NNC(=O)C1CC1)c1cc(Cl)c2c(c1)OCO2. The van der Waals surface area contributed by atoms with Gasteiger partial charge in [-0.15, -0.1) is 0 Å². The highest BCUT2D eigenvalue weighted by Gasteiger charge is 2.30. The molecule has 1 aromatic rings. The highest BCUT2D eigenvalue weighted by Crippen LogP contribution is 2.39. The minimum Gasteiger partial charge on any atom is -0.454 e. The Hall–Kier alpha value is -1.95.